The summed E-state index contributed by atoms with van der Waals surface area (Å²) in [5, 5.41) is 2.84. The van der Waals surface area contributed by atoms with Crippen molar-refractivity contribution in [3.63, 3.8) is 0 Å². The number of nitrogen functional groups attached to an aromatic ring is 1. The standard InChI is InChI=1S/C15H17N3O2/c1-10-7-12(8-14(16)18-10)15(19)17-9-11-5-3-4-6-13(11)20-2/h3-8H,9H2,1-2H3,(H2,16,18)(H,17,19). The summed E-state index contributed by atoms with van der Waals surface area (Å²) < 4.78 is 5.24. The summed E-state index contributed by atoms with van der Waals surface area (Å²) in [6.07, 6.45) is 0. The van der Waals surface area contributed by atoms with Gasteiger partial charge in [0.25, 0.3) is 5.91 Å². The van der Waals surface area contributed by atoms with E-state index in [2.05, 4.69) is 10.3 Å². The van der Waals surface area contributed by atoms with Crippen LogP contribution in [-0.2, 0) is 6.54 Å². The first-order valence-corrected chi connectivity index (χ1v) is 6.24. The number of carbonyl (C=O) groups excluding carboxylic acids is 1. The molecule has 0 saturated heterocycles. The summed E-state index contributed by atoms with van der Waals surface area (Å²) in [6.45, 7) is 2.19. The molecule has 1 amide bonds. The Bertz CT molecular complexity index is 606. The number of carbonyl (C=O) groups is 1. The van der Waals surface area contributed by atoms with Crippen LogP contribution >= 0.6 is 0 Å². The van der Waals surface area contributed by atoms with Crippen molar-refractivity contribution in [3.05, 3.63) is 53.2 Å². The fourth-order valence-electron chi connectivity index (χ4n) is 1.95. The van der Waals surface area contributed by atoms with Crippen molar-refractivity contribution in [3.8, 4) is 5.75 Å². The molecule has 3 N–H and O–H groups in total. The van der Waals surface area contributed by atoms with E-state index in [1.807, 2.05) is 24.3 Å². The van der Waals surface area contributed by atoms with E-state index in [0.717, 1.165) is 11.3 Å². The molecule has 1 heterocycles. The van der Waals surface area contributed by atoms with E-state index in [1.54, 1.807) is 26.2 Å². The predicted molar refractivity (Wildman–Crippen MR) is 77.6 cm³/mol. The third kappa shape index (κ3) is 3.26. The van der Waals surface area contributed by atoms with Gasteiger partial charge in [0.1, 0.15) is 11.6 Å². The first-order valence-electron chi connectivity index (χ1n) is 6.24. The van der Waals surface area contributed by atoms with E-state index < -0.39 is 0 Å². The number of aromatic nitrogens is 1. The lowest BCUT2D eigenvalue weighted by molar-refractivity contribution is 0.0950. The monoisotopic (exact) mass is 271 g/mol. The van der Waals surface area contributed by atoms with Crippen molar-refractivity contribution < 1.29 is 9.53 Å². The number of para-hydroxylation sites is 1. The topological polar surface area (TPSA) is 77.2 Å². The van der Waals surface area contributed by atoms with Crippen LogP contribution in [0.5, 0.6) is 5.75 Å². The molecule has 1 aromatic heterocycles. The molecule has 0 unspecified atom stereocenters. The minimum Gasteiger partial charge on any atom is -0.496 e. The number of nitrogens with one attached hydrogen (secondary N) is 1. The number of nitrogens with zero attached hydrogens (tertiary/aromatic N) is 1. The Morgan fingerprint density at radius 2 is 2.10 bits per heavy atom. The largest absolute Gasteiger partial charge is 0.496 e. The summed E-state index contributed by atoms with van der Waals surface area (Å²) in [7, 11) is 1.60. The number of ether oxygens (including phenoxy) is 1. The molecule has 0 radical (unpaired) electrons. The first kappa shape index (κ1) is 13.9. The molecular formula is C15H17N3O2. The number of aryl methyl sites for hydroxylation is 1. The molecule has 2 aromatic rings. The molecular weight excluding hydrogens is 254 g/mol. The van der Waals surface area contributed by atoms with Gasteiger partial charge in [0, 0.05) is 23.4 Å². The minimum absolute atomic E-state index is 0.187. The maximum atomic E-state index is 12.1. The Kier molecular flexibility index (Phi) is 4.20. The number of benzene rings is 1. The number of rotatable bonds is 4. The molecule has 0 bridgehead atoms. The van der Waals surface area contributed by atoms with Crippen LogP contribution in [0.1, 0.15) is 21.6 Å². The molecule has 5 heteroatoms. The maximum Gasteiger partial charge on any atom is 0.251 e. The van der Waals surface area contributed by atoms with Crippen molar-refractivity contribution >= 4 is 11.7 Å². The van der Waals surface area contributed by atoms with Gasteiger partial charge in [-0.1, -0.05) is 18.2 Å². The van der Waals surface area contributed by atoms with Crippen LogP contribution in [0.25, 0.3) is 0 Å². The van der Waals surface area contributed by atoms with E-state index in [4.69, 9.17) is 10.5 Å². The molecule has 104 valence electrons. The van der Waals surface area contributed by atoms with Crippen LogP contribution in [0.3, 0.4) is 0 Å². The van der Waals surface area contributed by atoms with Crippen LogP contribution in [0.2, 0.25) is 0 Å². The SMILES string of the molecule is COc1ccccc1CNC(=O)c1cc(C)nc(N)c1. The number of hydrogen-bond acceptors (Lipinski definition) is 4. The third-order valence-corrected chi connectivity index (χ3v) is 2.87. The zero-order valence-electron chi connectivity index (χ0n) is 11.5. The Morgan fingerprint density at radius 1 is 1.35 bits per heavy atom. The smallest absolute Gasteiger partial charge is 0.251 e. The fraction of sp³-hybridized carbons (Fsp3) is 0.200. The maximum absolute atomic E-state index is 12.1. The lowest BCUT2D eigenvalue weighted by atomic mass is 10.1. The van der Waals surface area contributed by atoms with Crippen molar-refractivity contribution in [1.29, 1.82) is 0 Å². The van der Waals surface area contributed by atoms with Crippen LogP contribution in [0, 0.1) is 6.92 Å². The number of pyridine rings is 1. The van der Waals surface area contributed by atoms with Crippen molar-refractivity contribution in [1.82, 2.24) is 10.3 Å². The first-order chi connectivity index (χ1) is 9.60. The van der Waals surface area contributed by atoms with E-state index in [9.17, 15) is 4.79 Å². The highest BCUT2D eigenvalue weighted by Gasteiger charge is 2.09. The van der Waals surface area contributed by atoms with Crippen LogP contribution in [-0.4, -0.2) is 18.0 Å². The highest BCUT2D eigenvalue weighted by molar-refractivity contribution is 5.94. The molecule has 0 spiro atoms. The fourth-order valence-corrected chi connectivity index (χ4v) is 1.95. The predicted octanol–water partition coefficient (Wildman–Crippen LogP) is 1.91. The normalized spacial score (nSPS) is 10.1. The van der Waals surface area contributed by atoms with Crippen molar-refractivity contribution in [2.24, 2.45) is 0 Å². The zero-order valence-corrected chi connectivity index (χ0v) is 11.5. The molecule has 0 fully saturated rings. The van der Waals surface area contributed by atoms with E-state index >= 15 is 0 Å². The molecule has 2 rings (SSSR count). The molecule has 0 aliphatic rings. The van der Waals surface area contributed by atoms with Gasteiger partial charge in [-0.2, -0.15) is 0 Å². The molecule has 20 heavy (non-hydrogen) atoms. The second-order valence-electron chi connectivity index (χ2n) is 4.42. The molecule has 0 aliphatic carbocycles. The number of nitrogens with two attached hydrogens (primary N) is 1. The average Bonchev–Trinajstić information content (AvgIpc) is 2.44. The van der Waals surface area contributed by atoms with Crippen LogP contribution in [0.15, 0.2) is 36.4 Å². The number of hydrogen-bond donors (Lipinski definition) is 2. The molecule has 0 saturated carbocycles. The highest BCUT2D eigenvalue weighted by Crippen LogP contribution is 2.17. The molecule has 0 atom stereocenters. The quantitative estimate of drug-likeness (QED) is 0.890. The molecule has 1 aromatic carbocycles. The van der Waals surface area contributed by atoms with Gasteiger partial charge in [0.2, 0.25) is 0 Å². The summed E-state index contributed by atoms with van der Waals surface area (Å²) >= 11 is 0. The van der Waals surface area contributed by atoms with Gasteiger partial charge in [-0.05, 0) is 25.1 Å². The Labute approximate surface area is 117 Å². The van der Waals surface area contributed by atoms with Crippen LogP contribution in [0.4, 0.5) is 5.82 Å². The van der Waals surface area contributed by atoms with Crippen molar-refractivity contribution in [2.75, 3.05) is 12.8 Å². The Hall–Kier alpha value is -2.56. The van der Waals surface area contributed by atoms with Gasteiger partial charge in [0.15, 0.2) is 0 Å². The van der Waals surface area contributed by atoms with E-state index in [0.29, 0.717) is 23.6 Å². The van der Waals surface area contributed by atoms with Gasteiger partial charge >= 0.3 is 0 Å². The van der Waals surface area contributed by atoms with E-state index in [1.165, 1.54) is 0 Å². The van der Waals surface area contributed by atoms with Gasteiger partial charge in [-0.15, -0.1) is 0 Å². The summed E-state index contributed by atoms with van der Waals surface area (Å²) in [4.78, 5) is 16.1. The highest BCUT2D eigenvalue weighted by atomic mass is 16.5. The van der Waals surface area contributed by atoms with E-state index in [-0.39, 0.29) is 5.91 Å². The van der Waals surface area contributed by atoms with Gasteiger partial charge in [0.05, 0.1) is 7.11 Å². The summed E-state index contributed by atoms with van der Waals surface area (Å²) in [5.74, 6) is 0.902. The summed E-state index contributed by atoms with van der Waals surface area (Å²) in [6, 6.07) is 10.8. The minimum atomic E-state index is -0.187. The van der Waals surface area contributed by atoms with Gasteiger partial charge in [-0.3, -0.25) is 4.79 Å². The lowest BCUT2D eigenvalue weighted by Crippen LogP contribution is -2.23. The van der Waals surface area contributed by atoms with Crippen LogP contribution < -0.4 is 15.8 Å². The number of amides is 1. The van der Waals surface area contributed by atoms with Gasteiger partial charge in [-0.25, -0.2) is 4.98 Å². The number of methoxy groups -OCH3 is 1. The van der Waals surface area contributed by atoms with Gasteiger partial charge < -0.3 is 15.8 Å². The molecule has 5 nitrogen and oxygen atoms in total. The average molecular weight is 271 g/mol. The third-order valence-electron chi connectivity index (χ3n) is 2.87. The Morgan fingerprint density at radius 3 is 2.80 bits per heavy atom. The second kappa shape index (κ2) is 6.06. The summed E-state index contributed by atoms with van der Waals surface area (Å²) in [5.41, 5.74) is 7.78. The zero-order chi connectivity index (χ0) is 14.5. The molecule has 0 aliphatic heterocycles. The Balaban J connectivity index is 2.08. The lowest BCUT2D eigenvalue weighted by Gasteiger charge is -2.10. The van der Waals surface area contributed by atoms with Crippen molar-refractivity contribution in [2.45, 2.75) is 13.5 Å². The second-order valence-corrected chi connectivity index (χ2v) is 4.42. The number of anilines is 1.